The Balaban J connectivity index is 1.82. The van der Waals surface area contributed by atoms with Gasteiger partial charge in [-0.2, -0.15) is 0 Å². The molecule has 1 aromatic rings. The Labute approximate surface area is 110 Å². The van der Waals surface area contributed by atoms with Gasteiger partial charge in [0.25, 0.3) is 0 Å². The van der Waals surface area contributed by atoms with Crippen LogP contribution in [0, 0.1) is 0 Å². The van der Waals surface area contributed by atoms with Gasteiger partial charge in [0.15, 0.2) is 0 Å². The molecule has 1 saturated heterocycles. The monoisotopic (exact) mass is 245 g/mol. The van der Waals surface area contributed by atoms with Crippen molar-refractivity contribution in [1.29, 1.82) is 0 Å². The van der Waals surface area contributed by atoms with Crippen molar-refractivity contribution in [2.75, 3.05) is 19.6 Å². The van der Waals surface area contributed by atoms with E-state index in [0.29, 0.717) is 0 Å². The molecule has 0 amide bonds. The zero-order chi connectivity index (χ0) is 12.8. The highest BCUT2D eigenvalue weighted by molar-refractivity contribution is 5.47. The van der Waals surface area contributed by atoms with Gasteiger partial charge >= 0.3 is 0 Å². The lowest BCUT2D eigenvalue weighted by Crippen LogP contribution is -2.31. The molecule has 1 fully saturated rings. The number of hydrogen-bond donors (Lipinski definition) is 1. The third kappa shape index (κ3) is 3.69. The Kier molecular flexibility index (Phi) is 4.97. The Morgan fingerprint density at radius 2 is 1.83 bits per heavy atom. The molecule has 1 aliphatic rings. The molecule has 0 aromatic heterocycles. The maximum absolute atomic E-state index is 10.2. The number of likely N-dealkylation sites (tertiary alicyclic amines) is 1. The van der Waals surface area contributed by atoms with Crippen LogP contribution >= 0.6 is 0 Å². The third-order valence-corrected chi connectivity index (χ3v) is 3.72. The summed E-state index contributed by atoms with van der Waals surface area (Å²) in [6, 6.07) is 8.01. The average Bonchev–Trinajstić information content (AvgIpc) is 2.46. The molecule has 2 heteroatoms. The molecule has 1 heterocycles. The van der Waals surface area contributed by atoms with Crippen molar-refractivity contribution in [3.8, 4) is 0 Å². The van der Waals surface area contributed by atoms with Crippen molar-refractivity contribution in [3.63, 3.8) is 0 Å². The smallest absolute Gasteiger partial charge is 0.0802 e. The zero-order valence-corrected chi connectivity index (χ0v) is 11.0. The normalized spacial score (nSPS) is 18.5. The number of hydrogen-bond acceptors (Lipinski definition) is 2. The summed E-state index contributed by atoms with van der Waals surface area (Å²) >= 11 is 0. The molecule has 0 radical (unpaired) electrons. The Bertz CT molecular complexity index is 365. The average molecular weight is 245 g/mol. The van der Waals surface area contributed by atoms with Crippen molar-refractivity contribution < 1.29 is 5.11 Å². The second-order valence-electron chi connectivity index (χ2n) is 5.08. The lowest BCUT2D eigenvalue weighted by Gasteiger charge is -2.27. The van der Waals surface area contributed by atoms with Crippen molar-refractivity contribution >= 4 is 6.08 Å². The highest BCUT2D eigenvalue weighted by atomic mass is 16.3. The Morgan fingerprint density at radius 1 is 1.17 bits per heavy atom. The second-order valence-corrected chi connectivity index (χ2v) is 5.08. The van der Waals surface area contributed by atoms with Crippen LogP contribution in [0.15, 0.2) is 30.8 Å². The van der Waals surface area contributed by atoms with Crippen molar-refractivity contribution in [1.82, 2.24) is 4.90 Å². The fourth-order valence-electron chi connectivity index (χ4n) is 2.51. The largest absolute Gasteiger partial charge is 0.388 e. The molecule has 98 valence electrons. The van der Waals surface area contributed by atoms with Crippen LogP contribution in [0.5, 0.6) is 0 Å². The third-order valence-electron chi connectivity index (χ3n) is 3.72. The summed E-state index contributed by atoms with van der Waals surface area (Å²) in [5.74, 6) is 0. The van der Waals surface area contributed by atoms with E-state index in [1.807, 2.05) is 30.3 Å². The number of aliphatic hydroxyl groups excluding tert-OH is 1. The van der Waals surface area contributed by atoms with Crippen LogP contribution in [0.3, 0.4) is 0 Å². The number of nitrogens with zero attached hydrogens (tertiary/aromatic N) is 1. The molecule has 1 N–H and O–H groups in total. The van der Waals surface area contributed by atoms with Crippen LogP contribution in [-0.4, -0.2) is 29.6 Å². The minimum absolute atomic E-state index is 0.342. The van der Waals surface area contributed by atoms with Crippen LogP contribution < -0.4 is 0 Å². The van der Waals surface area contributed by atoms with Crippen molar-refractivity contribution in [3.05, 3.63) is 42.0 Å². The predicted octanol–water partition coefficient (Wildman–Crippen LogP) is 3.24. The summed E-state index contributed by atoms with van der Waals surface area (Å²) < 4.78 is 0. The van der Waals surface area contributed by atoms with E-state index >= 15 is 0 Å². The standard InChI is InChI=1S/C16H23NO/c1-2-14-6-8-15(9-7-14)16(18)10-13-17-11-4-3-5-12-17/h2,6-9,16,18H,1,3-5,10-13H2. The van der Waals surface area contributed by atoms with E-state index in [0.717, 1.165) is 24.1 Å². The molecule has 1 atom stereocenters. The number of rotatable bonds is 5. The summed E-state index contributed by atoms with van der Waals surface area (Å²) in [4.78, 5) is 2.46. The summed E-state index contributed by atoms with van der Waals surface area (Å²) in [6.45, 7) is 7.13. The maximum atomic E-state index is 10.2. The summed E-state index contributed by atoms with van der Waals surface area (Å²) in [7, 11) is 0. The van der Waals surface area contributed by atoms with E-state index < -0.39 is 0 Å². The van der Waals surface area contributed by atoms with Gasteiger partial charge in [0.1, 0.15) is 0 Å². The van der Waals surface area contributed by atoms with Gasteiger partial charge in [0, 0.05) is 6.54 Å². The molecule has 1 aliphatic heterocycles. The van der Waals surface area contributed by atoms with E-state index in [4.69, 9.17) is 0 Å². The molecule has 2 nitrogen and oxygen atoms in total. The molecule has 18 heavy (non-hydrogen) atoms. The van der Waals surface area contributed by atoms with Gasteiger partial charge in [0.2, 0.25) is 0 Å². The van der Waals surface area contributed by atoms with Gasteiger partial charge in [0.05, 0.1) is 6.10 Å². The topological polar surface area (TPSA) is 23.5 Å². The lowest BCUT2D eigenvalue weighted by atomic mass is 10.0. The minimum Gasteiger partial charge on any atom is -0.388 e. The molecular weight excluding hydrogens is 222 g/mol. The summed E-state index contributed by atoms with van der Waals surface area (Å²) in [5, 5.41) is 10.2. The van der Waals surface area contributed by atoms with Gasteiger partial charge in [-0.25, -0.2) is 0 Å². The first-order chi connectivity index (χ1) is 8.79. The second kappa shape index (κ2) is 6.72. The molecule has 1 aromatic carbocycles. The van der Waals surface area contributed by atoms with Crippen molar-refractivity contribution in [2.45, 2.75) is 31.8 Å². The quantitative estimate of drug-likeness (QED) is 0.861. The molecule has 0 bridgehead atoms. The molecule has 0 aliphatic carbocycles. The molecular formula is C16H23NO. The van der Waals surface area contributed by atoms with Gasteiger partial charge in [-0.1, -0.05) is 43.3 Å². The fourth-order valence-corrected chi connectivity index (χ4v) is 2.51. The van der Waals surface area contributed by atoms with Gasteiger partial charge in [-0.05, 0) is 43.5 Å². The van der Waals surface area contributed by atoms with Crippen LogP contribution in [0.25, 0.3) is 6.08 Å². The van der Waals surface area contributed by atoms with Crippen LogP contribution in [-0.2, 0) is 0 Å². The molecule has 0 saturated carbocycles. The lowest BCUT2D eigenvalue weighted by molar-refractivity contribution is 0.134. The SMILES string of the molecule is C=Cc1ccc(C(O)CCN2CCCCC2)cc1. The molecule has 1 unspecified atom stereocenters. The fraction of sp³-hybridized carbons (Fsp3) is 0.500. The van der Waals surface area contributed by atoms with Crippen LogP contribution in [0.2, 0.25) is 0 Å². The van der Waals surface area contributed by atoms with Gasteiger partial charge in [-0.15, -0.1) is 0 Å². The predicted molar refractivity (Wildman–Crippen MR) is 76.4 cm³/mol. The highest BCUT2D eigenvalue weighted by Gasteiger charge is 2.13. The van der Waals surface area contributed by atoms with Crippen LogP contribution in [0.4, 0.5) is 0 Å². The first kappa shape index (κ1) is 13.3. The van der Waals surface area contributed by atoms with Crippen molar-refractivity contribution in [2.24, 2.45) is 0 Å². The first-order valence-corrected chi connectivity index (χ1v) is 6.92. The Morgan fingerprint density at radius 3 is 2.44 bits per heavy atom. The number of benzene rings is 1. The van der Waals surface area contributed by atoms with E-state index in [-0.39, 0.29) is 6.10 Å². The van der Waals surface area contributed by atoms with E-state index in [9.17, 15) is 5.11 Å². The van der Waals surface area contributed by atoms with Gasteiger partial charge < -0.3 is 10.0 Å². The van der Waals surface area contributed by atoms with E-state index in [2.05, 4.69) is 11.5 Å². The molecule has 2 rings (SSSR count). The first-order valence-electron chi connectivity index (χ1n) is 6.92. The highest BCUT2D eigenvalue weighted by Crippen LogP contribution is 2.19. The van der Waals surface area contributed by atoms with Crippen LogP contribution in [0.1, 0.15) is 42.9 Å². The minimum atomic E-state index is -0.342. The summed E-state index contributed by atoms with van der Waals surface area (Å²) in [5.41, 5.74) is 2.11. The number of aliphatic hydroxyl groups is 1. The molecule has 0 spiro atoms. The summed E-state index contributed by atoms with van der Waals surface area (Å²) in [6.07, 6.45) is 6.29. The Hall–Kier alpha value is -1.12. The zero-order valence-electron chi connectivity index (χ0n) is 11.0. The van der Waals surface area contributed by atoms with E-state index in [1.54, 1.807) is 0 Å². The van der Waals surface area contributed by atoms with E-state index in [1.165, 1.54) is 32.4 Å². The maximum Gasteiger partial charge on any atom is 0.0802 e. The van der Waals surface area contributed by atoms with Gasteiger partial charge in [-0.3, -0.25) is 0 Å². The number of piperidine rings is 1.